The van der Waals surface area contributed by atoms with Crippen LogP contribution < -0.4 is 10.0 Å². The van der Waals surface area contributed by atoms with E-state index < -0.39 is 46.2 Å². The van der Waals surface area contributed by atoms with Crippen molar-refractivity contribution in [1.82, 2.24) is 9.29 Å². The number of alkyl halides is 2. The molecule has 1 amide bonds. The molecule has 2 N–H and O–H groups in total. The summed E-state index contributed by atoms with van der Waals surface area (Å²) in [6, 6.07) is 1.53. The number of nitrogens with one attached hydrogen (secondary N) is 2. The molecule has 0 saturated heterocycles. The van der Waals surface area contributed by atoms with E-state index in [0.29, 0.717) is 29.4 Å². The second kappa shape index (κ2) is 7.43. The molecule has 0 saturated carbocycles. The van der Waals surface area contributed by atoms with E-state index >= 15 is 0 Å². The Morgan fingerprint density at radius 3 is 2.74 bits per heavy atom. The first kappa shape index (κ1) is 19.6. The van der Waals surface area contributed by atoms with Crippen LogP contribution in [-0.2, 0) is 24.5 Å². The van der Waals surface area contributed by atoms with Gasteiger partial charge in [0.2, 0.25) is 0 Å². The maximum atomic E-state index is 14.2. The summed E-state index contributed by atoms with van der Waals surface area (Å²) < 4.78 is 70.0. The molecule has 1 unspecified atom stereocenters. The van der Waals surface area contributed by atoms with E-state index in [9.17, 15) is 26.6 Å². The minimum absolute atomic E-state index is 0.0254. The molecule has 2 heterocycles. The number of carbonyl (C=O) groups excluding carboxylic acids is 1. The van der Waals surface area contributed by atoms with Crippen LogP contribution in [0.3, 0.4) is 0 Å². The molecule has 0 radical (unpaired) electrons. The van der Waals surface area contributed by atoms with Crippen molar-refractivity contribution >= 4 is 22.6 Å². The number of rotatable bonds is 3. The number of aryl methyl sites for hydroxylation is 1. The number of carbonyl (C=O) groups is 1. The van der Waals surface area contributed by atoms with E-state index in [1.165, 1.54) is 10.8 Å². The first-order chi connectivity index (χ1) is 12.7. The predicted octanol–water partition coefficient (Wildman–Crippen LogP) is 3.44. The Balaban J connectivity index is 1.97. The number of aromatic nitrogens is 1. The van der Waals surface area contributed by atoms with Gasteiger partial charge < -0.3 is 9.88 Å². The van der Waals surface area contributed by atoms with E-state index in [1.54, 1.807) is 7.05 Å². The highest BCUT2D eigenvalue weighted by molar-refractivity contribution is 7.83. The lowest BCUT2D eigenvalue weighted by atomic mass is 10.1. The standard InChI is InChI=1S/C17H17F4N3O2S/c1-8-3-4-9-12(27(26)23-8)7-24(2)15(9)17(25)22-11-6-5-10(18)13(14(11)19)16(20)21/h5-8,16,23H,3-4H2,1-2H3,(H,22,25)/t8-,27?/m0/s1. The molecule has 3 rings (SSSR count). The second-order valence-electron chi connectivity index (χ2n) is 6.34. The van der Waals surface area contributed by atoms with Gasteiger partial charge in [0, 0.05) is 24.8 Å². The normalized spacial score (nSPS) is 19.7. The molecule has 1 aromatic heterocycles. The predicted molar refractivity (Wildman–Crippen MR) is 92.0 cm³/mol. The fourth-order valence-electron chi connectivity index (χ4n) is 3.06. The maximum absolute atomic E-state index is 14.2. The molecule has 0 aliphatic carbocycles. The second-order valence-corrected chi connectivity index (χ2v) is 7.55. The maximum Gasteiger partial charge on any atom is 0.272 e. The van der Waals surface area contributed by atoms with Gasteiger partial charge in [-0.3, -0.25) is 4.79 Å². The van der Waals surface area contributed by atoms with Crippen molar-refractivity contribution in [3.8, 4) is 0 Å². The third kappa shape index (κ3) is 3.63. The van der Waals surface area contributed by atoms with Gasteiger partial charge in [0.25, 0.3) is 12.3 Å². The van der Waals surface area contributed by atoms with E-state index in [0.717, 1.165) is 6.07 Å². The average Bonchev–Trinajstić information content (AvgIpc) is 2.85. The molecule has 5 nitrogen and oxygen atoms in total. The van der Waals surface area contributed by atoms with Crippen LogP contribution in [0.4, 0.5) is 23.2 Å². The number of halogens is 4. The zero-order valence-electron chi connectivity index (χ0n) is 14.5. The van der Waals surface area contributed by atoms with Crippen LogP contribution in [0.15, 0.2) is 23.2 Å². The van der Waals surface area contributed by atoms with Gasteiger partial charge in [0.1, 0.15) is 22.5 Å². The number of hydrogen-bond donors (Lipinski definition) is 2. The monoisotopic (exact) mass is 403 g/mol. The Morgan fingerprint density at radius 2 is 2.07 bits per heavy atom. The molecule has 2 aromatic rings. The van der Waals surface area contributed by atoms with Gasteiger partial charge in [-0.2, -0.15) is 0 Å². The summed E-state index contributed by atoms with van der Waals surface area (Å²) in [6.07, 6.45) is -0.726. The molecular weight excluding hydrogens is 386 g/mol. The van der Waals surface area contributed by atoms with Gasteiger partial charge in [0.15, 0.2) is 5.82 Å². The van der Waals surface area contributed by atoms with Gasteiger partial charge in [-0.05, 0) is 31.9 Å². The van der Waals surface area contributed by atoms with E-state index in [4.69, 9.17) is 0 Å². The largest absolute Gasteiger partial charge is 0.345 e. The fraction of sp³-hybridized carbons (Fsp3) is 0.353. The van der Waals surface area contributed by atoms with Gasteiger partial charge >= 0.3 is 0 Å². The molecule has 1 aromatic carbocycles. The topological polar surface area (TPSA) is 63.1 Å². The van der Waals surface area contributed by atoms with Crippen molar-refractivity contribution in [3.05, 3.63) is 46.8 Å². The molecular formula is C17H17F4N3O2S. The molecule has 2 atom stereocenters. The number of hydrogen-bond acceptors (Lipinski definition) is 2. The third-order valence-corrected chi connectivity index (χ3v) is 5.76. The van der Waals surface area contributed by atoms with Crippen molar-refractivity contribution < 1.29 is 26.6 Å². The smallest absolute Gasteiger partial charge is 0.272 e. The summed E-state index contributed by atoms with van der Waals surface area (Å²) in [5.74, 6) is -3.66. The van der Waals surface area contributed by atoms with Crippen LogP contribution in [0, 0.1) is 11.6 Å². The number of anilines is 1. The average molecular weight is 403 g/mol. The quantitative estimate of drug-likeness (QED) is 0.772. The van der Waals surface area contributed by atoms with Gasteiger partial charge in [0.05, 0.1) is 16.1 Å². The van der Waals surface area contributed by atoms with Crippen LogP contribution in [0.5, 0.6) is 0 Å². The summed E-state index contributed by atoms with van der Waals surface area (Å²) in [7, 11) is 0.0592. The zero-order valence-corrected chi connectivity index (χ0v) is 15.3. The summed E-state index contributed by atoms with van der Waals surface area (Å²) in [5.41, 5.74) is -1.25. The number of fused-ring (bicyclic) bond motifs is 1. The third-order valence-electron chi connectivity index (χ3n) is 4.39. The van der Waals surface area contributed by atoms with Crippen molar-refractivity contribution in [2.75, 3.05) is 5.32 Å². The molecule has 0 bridgehead atoms. The first-order valence-corrected chi connectivity index (χ1v) is 9.29. The molecule has 146 valence electrons. The summed E-state index contributed by atoms with van der Waals surface area (Å²) in [6.45, 7) is 1.86. The minimum Gasteiger partial charge on any atom is -0.345 e. The molecule has 1 aliphatic heterocycles. The van der Waals surface area contributed by atoms with E-state index in [-0.39, 0.29) is 11.7 Å². The molecule has 10 heteroatoms. The van der Waals surface area contributed by atoms with Gasteiger partial charge in [-0.25, -0.2) is 26.5 Å². The van der Waals surface area contributed by atoms with E-state index in [1.807, 2.05) is 6.92 Å². The van der Waals surface area contributed by atoms with Crippen molar-refractivity contribution in [2.24, 2.45) is 7.05 Å². The Morgan fingerprint density at radius 1 is 1.37 bits per heavy atom. The molecule has 1 aliphatic rings. The minimum atomic E-state index is -3.36. The highest BCUT2D eigenvalue weighted by atomic mass is 32.2. The number of benzene rings is 1. The summed E-state index contributed by atoms with van der Waals surface area (Å²) in [5, 5.41) is 2.22. The van der Waals surface area contributed by atoms with Crippen LogP contribution in [0.1, 0.15) is 41.4 Å². The lowest BCUT2D eigenvalue weighted by Gasteiger charge is -2.12. The van der Waals surface area contributed by atoms with Gasteiger partial charge in [-0.15, -0.1) is 0 Å². The van der Waals surface area contributed by atoms with Crippen LogP contribution in [0.2, 0.25) is 0 Å². The Hall–Kier alpha value is -2.20. The number of nitrogens with zero attached hydrogens (tertiary/aromatic N) is 1. The Bertz CT molecular complexity index is 929. The van der Waals surface area contributed by atoms with Crippen molar-refractivity contribution in [1.29, 1.82) is 0 Å². The van der Waals surface area contributed by atoms with Gasteiger partial charge in [-0.1, -0.05) is 0 Å². The molecule has 27 heavy (non-hydrogen) atoms. The highest BCUT2D eigenvalue weighted by Gasteiger charge is 2.28. The summed E-state index contributed by atoms with van der Waals surface area (Å²) in [4.78, 5) is 13.1. The van der Waals surface area contributed by atoms with Crippen LogP contribution in [0.25, 0.3) is 0 Å². The fourth-order valence-corrected chi connectivity index (χ4v) is 4.35. The molecule has 0 spiro atoms. The van der Waals surface area contributed by atoms with E-state index in [2.05, 4.69) is 10.0 Å². The lowest BCUT2D eigenvalue weighted by Crippen LogP contribution is -2.26. The van der Waals surface area contributed by atoms with Crippen molar-refractivity contribution in [2.45, 2.75) is 37.1 Å². The Kier molecular flexibility index (Phi) is 5.38. The number of amides is 1. The van der Waals surface area contributed by atoms with Crippen LogP contribution in [-0.4, -0.2) is 20.7 Å². The van der Waals surface area contributed by atoms with Crippen molar-refractivity contribution in [3.63, 3.8) is 0 Å². The molecule has 0 fully saturated rings. The van der Waals surface area contributed by atoms with Crippen LogP contribution >= 0.6 is 0 Å². The summed E-state index contributed by atoms with van der Waals surface area (Å²) >= 11 is 0. The first-order valence-electron chi connectivity index (χ1n) is 8.14. The SMILES string of the molecule is C[C@H]1CCc2c(cn(C)c2C(=O)Nc2ccc(F)c(C(F)F)c2F)S(=O)N1. The lowest BCUT2D eigenvalue weighted by molar-refractivity contribution is 0.101. The highest BCUT2D eigenvalue weighted by Crippen LogP contribution is 2.31. The zero-order chi connectivity index (χ0) is 19.9. The Labute approximate surface area is 155 Å².